The number of amides is 1. The summed E-state index contributed by atoms with van der Waals surface area (Å²) in [6.07, 6.45) is -1.26. The van der Waals surface area contributed by atoms with E-state index in [-0.39, 0.29) is 18.9 Å². The summed E-state index contributed by atoms with van der Waals surface area (Å²) in [5.41, 5.74) is 1.12. The van der Waals surface area contributed by atoms with Crippen LogP contribution in [0.1, 0.15) is 51.0 Å². The Kier molecular flexibility index (Phi) is 12.5. The fourth-order valence-corrected chi connectivity index (χ4v) is 5.69. The third kappa shape index (κ3) is 10.2. The molecule has 1 aromatic rings. The Balaban J connectivity index is 0.000000638. The fourth-order valence-electron chi connectivity index (χ4n) is 4.25. The van der Waals surface area contributed by atoms with Crippen LogP contribution in [-0.2, 0) is 19.6 Å². The molecule has 38 heavy (non-hydrogen) atoms. The summed E-state index contributed by atoms with van der Waals surface area (Å²) in [6.45, 7) is 10.6. The van der Waals surface area contributed by atoms with Crippen molar-refractivity contribution in [2.45, 2.75) is 56.5 Å². The lowest BCUT2D eigenvalue weighted by Crippen LogP contribution is -2.47. The van der Waals surface area contributed by atoms with Gasteiger partial charge in [0.05, 0.1) is 4.90 Å². The second kappa shape index (κ2) is 14.8. The van der Waals surface area contributed by atoms with Crippen LogP contribution in [0.15, 0.2) is 29.2 Å². The highest BCUT2D eigenvalue weighted by molar-refractivity contribution is 7.89. The van der Waals surface area contributed by atoms with Crippen LogP contribution in [0.2, 0.25) is 0 Å². The number of sulfonamides is 1. The minimum Gasteiger partial charge on any atom is -0.475 e. The molecule has 0 radical (unpaired) electrons. The highest BCUT2D eigenvalue weighted by Gasteiger charge is 2.38. The van der Waals surface area contributed by atoms with Gasteiger partial charge in [0, 0.05) is 52.2 Å². The molecule has 0 atom stereocenters. The molecule has 2 N–H and O–H groups in total. The summed E-state index contributed by atoms with van der Waals surface area (Å²) in [7, 11) is -3.65. The monoisotopic (exact) mass is 564 g/mol. The Bertz CT molecular complexity index is 991. The minimum atomic E-state index is -5.08. The van der Waals surface area contributed by atoms with Crippen LogP contribution in [0, 0.1) is 0 Å². The average molecular weight is 565 g/mol. The molecule has 0 aliphatic carbocycles. The lowest BCUT2D eigenvalue weighted by atomic mass is 10.0. The van der Waals surface area contributed by atoms with E-state index >= 15 is 0 Å². The van der Waals surface area contributed by atoms with E-state index in [9.17, 15) is 26.4 Å². The van der Waals surface area contributed by atoms with E-state index in [1.54, 1.807) is 12.1 Å². The van der Waals surface area contributed by atoms with Crippen LogP contribution in [0.25, 0.3) is 0 Å². The fraction of sp³-hybridized carbons (Fsp3) is 0.680. The van der Waals surface area contributed by atoms with Gasteiger partial charge in [-0.05, 0) is 49.5 Å². The molecule has 1 aromatic carbocycles. The normalized spacial score (nSPS) is 17.3. The Hall–Kier alpha value is -2.22. The number of alkyl halides is 3. The van der Waals surface area contributed by atoms with E-state index in [2.05, 4.69) is 24.1 Å². The average Bonchev–Trinajstić information content (AvgIpc) is 2.89. The van der Waals surface area contributed by atoms with Gasteiger partial charge in [0.15, 0.2) is 0 Å². The van der Waals surface area contributed by atoms with Crippen LogP contribution < -0.4 is 5.32 Å². The molecule has 0 aromatic heterocycles. The number of aliphatic carboxylic acids is 1. The van der Waals surface area contributed by atoms with E-state index in [0.29, 0.717) is 37.0 Å². The van der Waals surface area contributed by atoms with Crippen molar-refractivity contribution in [2.24, 2.45) is 0 Å². The summed E-state index contributed by atoms with van der Waals surface area (Å²) < 4.78 is 60.2. The van der Waals surface area contributed by atoms with Crippen molar-refractivity contribution in [1.82, 2.24) is 19.4 Å². The molecular formula is C25H39F3N4O5S. The number of benzene rings is 1. The summed E-state index contributed by atoms with van der Waals surface area (Å²) in [5.74, 6) is -2.37. The third-order valence-electron chi connectivity index (χ3n) is 6.59. The van der Waals surface area contributed by atoms with Crippen LogP contribution in [-0.4, -0.2) is 105 Å². The number of rotatable bonds is 9. The molecule has 2 fully saturated rings. The SMILES string of the molecule is CC(C)c1ccc(S(=O)(=O)N(CCC(=O)N2CCNCC2)CCN2CCCCC2)cc1.O=C(O)C(F)(F)F. The zero-order valence-corrected chi connectivity index (χ0v) is 22.9. The molecule has 0 bridgehead atoms. The Morgan fingerprint density at radius 1 is 1.00 bits per heavy atom. The highest BCUT2D eigenvalue weighted by atomic mass is 32.2. The number of piperazine rings is 1. The number of halogens is 3. The van der Waals surface area contributed by atoms with Gasteiger partial charge < -0.3 is 20.2 Å². The van der Waals surface area contributed by atoms with Crippen molar-refractivity contribution < 1.29 is 36.3 Å². The number of hydrogen-bond acceptors (Lipinski definition) is 6. The Labute approximate surface area is 223 Å². The standard InChI is InChI=1S/C23H38N4O3S.C2HF3O2/c1-20(2)21-6-8-22(9-7-21)31(29,30)27(19-18-25-13-4-3-5-14-25)15-10-23(28)26-16-11-24-12-17-26;3-2(4,5)1(6)7/h6-9,20,24H,3-5,10-19H2,1-2H3;(H,6,7). The number of nitrogens with one attached hydrogen (secondary N) is 1. The van der Waals surface area contributed by atoms with Gasteiger partial charge in [0.1, 0.15) is 0 Å². The van der Waals surface area contributed by atoms with Gasteiger partial charge >= 0.3 is 12.1 Å². The lowest BCUT2D eigenvalue weighted by Gasteiger charge is -2.31. The smallest absolute Gasteiger partial charge is 0.475 e. The van der Waals surface area contributed by atoms with Crippen molar-refractivity contribution in [1.29, 1.82) is 0 Å². The van der Waals surface area contributed by atoms with Gasteiger partial charge in [-0.2, -0.15) is 17.5 Å². The lowest BCUT2D eigenvalue weighted by molar-refractivity contribution is -0.192. The van der Waals surface area contributed by atoms with Gasteiger partial charge in [0.25, 0.3) is 0 Å². The highest BCUT2D eigenvalue weighted by Crippen LogP contribution is 2.21. The zero-order chi connectivity index (χ0) is 28.3. The van der Waals surface area contributed by atoms with E-state index in [4.69, 9.17) is 9.90 Å². The van der Waals surface area contributed by atoms with Gasteiger partial charge in [-0.25, -0.2) is 13.2 Å². The largest absolute Gasteiger partial charge is 0.490 e. The molecule has 2 saturated heterocycles. The number of hydrogen-bond donors (Lipinski definition) is 2. The Morgan fingerprint density at radius 3 is 2.05 bits per heavy atom. The number of carboxylic acids is 1. The molecule has 2 aliphatic rings. The van der Waals surface area contributed by atoms with Crippen LogP contribution in [0.5, 0.6) is 0 Å². The second-order valence-corrected chi connectivity index (χ2v) is 11.7. The van der Waals surface area contributed by atoms with E-state index in [1.165, 1.54) is 23.6 Å². The first-order valence-corrected chi connectivity index (χ1v) is 14.4. The van der Waals surface area contributed by atoms with E-state index < -0.39 is 22.2 Å². The number of nitrogens with zero attached hydrogens (tertiary/aromatic N) is 3. The van der Waals surface area contributed by atoms with Crippen molar-refractivity contribution in [3.8, 4) is 0 Å². The maximum atomic E-state index is 13.4. The maximum Gasteiger partial charge on any atom is 0.490 e. The van der Waals surface area contributed by atoms with Crippen molar-refractivity contribution in [3.63, 3.8) is 0 Å². The second-order valence-electron chi connectivity index (χ2n) is 9.71. The van der Waals surface area contributed by atoms with E-state index in [1.807, 2.05) is 17.0 Å². The van der Waals surface area contributed by atoms with Gasteiger partial charge in [-0.1, -0.05) is 32.4 Å². The molecule has 2 aliphatic heterocycles. The van der Waals surface area contributed by atoms with Crippen molar-refractivity contribution in [3.05, 3.63) is 29.8 Å². The first-order chi connectivity index (χ1) is 17.8. The number of carboxylic acid groups (broad SMARTS) is 1. The summed E-state index contributed by atoms with van der Waals surface area (Å²) in [5, 5.41) is 10.4. The quantitative estimate of drug-likeness (QED) is 0.475. The molecule has 2 heterocycles. The predicted molar refractivity (Wildman–Crippen MR) is 137 cm³/mol. The first-order valence-electron chi connectivity index (χ1n) is 12.9. The summed E-state index contributed by atoms with van der Waals surface area (Å²) in [6, 6.07) is 7.20. The molecule has 9 nitrogen and oxygen atoms in total. The van der Waals surface area contributed by atoms with Gasteiger partial charge in [-0.3, -0.25) is 4.79 Å². The minimum absolute atomic E-state index is 0.0369. The predicted octanol–water partition coefficient (Wildman–Crippen LogP) is 2.74. The number of piperidine rings is 1. The molecule has 0 saturated carbocycles. The number of carbonyl (C=O) groups excluding carboxylic acids is 1. The van der Waals surface area contributed by atoms with Crippen LogP contribution in [0.3, 0.4) is 0 Å². The zero-order valence-electron chi connectivity index (χ0n) is 22.0. The van der Waals surface area contributed by atoms with Crippen molar-refractivity contribution in [2.75, 3.05) is 58.9 Å². The molecular weight excluding hydrogens is 525 g/mol. The number of likely N-dealkylation sites (tertiary alicyclic amines) is 1. The van der Waals surface area contributed by atoms with Gasteiger partial charge in [0.2, 0.25) is 15.9 Å². The van der Waals surface area contributed by atoms with Crippen LogP contribution in [0.4, 0.5) is 13.2 Å². The summed E-state index contributed by atoms with van der Waals surface area (Å²) >= 11 is 0. The van der Waals surface area contributed by atoms with Crippen molar-refractivity contribution >= 4 is 21.9 Å². The molecule has 13 heteroatoms. The summed E-state index contributed by atoms with van der Waals surface area (Å²) in [4.78, 5) is 26.0. The molecule has 216 valence electrons. The number of carbonyl (C=O) groups is 2. The van der Waals surface area contributed by atoms with E-state index in [0.717, 1.165) is 31.7 Å². The molecule has 0 spiro atoms. The van der Waals surface area contributed by atoms with Crippen LogP contribution >= 0.6 is 0 Å². The Morgan fingerprint density at radius 2 is 1.55 bits per heavy atom. The molecule has 1 amide bonds. The van der Waals surface area contributed by atoms with Gasteiger partial charge in [-0.15, -0.1) is 0 Å². The topological polar surface area (TPSA) is 110 Å². The molecule has 0 unspecified atom stereocenters. The molecule has 3 rings (SSSR count). The third-order valence-corrected chi connectivity index (χ3v) is 8.50. The first kappa shape index (κ1) is 32.0. The maximum absolute atomic E-state index is 13.4.